The molecule has 1 aromatic carbocycles. The van der Waals surface area contributed by atoms with Crippen LogP contribution in [0.4, 0.5) is 13.2 Å². The monoisotopic (exact) mass is 355 g/mol. The highest BCUT2D eigenvalue weighted by Gasteiger charge is 2.39. The third-order valence-corrected chi connectivity index (χ3v) is 4.37. The molecule has 2 unspecified atom stereocenters. The van der Waals surface area contributed by atoms with E-state index in [0.717, 1.165) is 25.0 Å². The molecule has 0 saturated heterocycles. The summed E-state index contributed by atoms with van der Waals surface area (Å²) in [5, 5.41) is 3.13. The number of hydrogen-bond acceptors (Lipinski definition) is 4. The second kappa shape index (κ2) is 6.71. The fourth-order valence-corrected chi connectivity index (χ4v) is 2.72. The Hall–Kier alpha value is -2.02. The van der Waals surface area contributed by atoms with Crippen molar-refractivity contribution in [2.45, 2.75) is 50.6 Å². The predicted octanol–water partition coefficient (Wildman–Crippen LogP) is 3.52. The molecular formula is C18H20F3NO3. The zero-order valence-electron chi connectivity index (χ0n) is 14.0. The molecule has 0 radical (unpaired) electrons. The highest BCUT2D eigenvalue weighted by Crippen LogP contribution is 2.36. The third-order valence-electron chi connectivity index (χ3n) is 4.37. The molecule has 0 spiro atoms. The fourth-order valence-electron chi connectivity index (χ4n) is 2.72. The largest absolute Gasteiger partial charge is 0.467 e. The second-order valence-corrected chi connectivity index (χ2v) is 6.45. The predicted molar refractivity (Wildman–Crippen MR) is 85.5 cm³/mol. The Labute approximate surface area is 144 Å². The summed E-state index contributed by atoms with van der Waals surface area (Å²) in [6.07, 6.45) is -3.16. The van der Waals surface area contributed by atoms with E-state index >= 15 is 0 Å². The van der Waals surface area contributed by atoms with E-state index in [2.05, 4.69) is 5.32 Å². The van der Waals surface area contributed by atoms with Crippen LogP contribution in [0.3, 0.4) is 0 Å². The van der Waals surface area contributed by atoms with E-state index in [-0.39, 0.29) is 34.9 Å². The van der Waals surface area contributed by atoms with E-state index in [4.69, 9.17) is 9.47 Å². The molecule has 7 heteroatoms. The Morgan fingerprint density at radius 3 is 2.68 bits per heavy atom. The number of carbonyl (C=O) groups is 1. The van der Waals surface area contributed by atoms with Crippen LogP contribution in [-0.4, -0.2) is 31.1 Å². The molecule has 1 aromatic rings. The van der Waals surface area contributed by atoms with Crippen molar-refractivity contribution < 1.29 is 27.4 Å². The Morgan fingerprint density at radius 1 is 1.36 bits per heavy atom. The van der Waals surface area contributed by atoms with Crippen LogP contribution in [0.15, 0.2) is 30.1 Å². The van der Waals surface area contributed by atoms with Crippen LogP contribution < -0.4 is 5.32 Å². The van der Waals surface area contributed by atoms with Gasteiger partial charge in [-0.25, -0.2) is 0 Å². The number of nitrogens with one attached hydrogen (secondary N) is 1. The van der Waals surface area contributed by atoms with Gasteiger partial charge in [0.25, 0.3) is 0 Å². The van der Waals surface area contributed by atoms with Crippen molar-refractivity contribution in [1.82, 2.24) is 5.32 Å². The molecule has 1 aliphatic carbocycles. The maximum Gasteiger partial charge on any atom is 0.416 e. The Morgan fingerprint density at radius 2 is 2.08 bits per heavy atom. The molecular weight excluding hydrogens is 335 g/mol. The summed E-state index contributed by atoms with van der Waals surface area (Å²) in [6.45, 7) is 1.81. The summed E-state index contributed by atoms with van der Waals surface area (Å²) in [6, 6.07) is 5.00. The molecule has 2 atom stereocenters. The first-order chi connectivity index (χ1) is 11.8. The summed E-state index contributed by atoms with van der Waals surface area (Å²) < 4.78 is 49.9. The van der Waals surface area contributed by atoms with Crippen LogP contribution in [0.5, 0.6) is 0 Å². The minimum Gasteiger partial charge on any atom is -0.467 e. The highest BCUT2D eigenvalue weighted by atomic mass is 19.4. The van der Waals surface area contributed by atoms with Crippen LogP contribution in [0.1, 0.15) is 37.3 Å². The lowest BCUT2D eigenvalue weighted by Gasteiger charge is -2.16. The van der Waals surface area contributed by atoms with Crippen LogP contribution in [0, 0.1) is 0 Å². The maximum atomic E-state index is 13.0. The Bertz CT molecular complexity index is 695. The smallest absolute Gasteiger partial charge is 0.416 e. The van der Waals surface area contributed by atoms with Crippen LogP contribution in [0.25, 0.3) is 5.57 Å². The van der Waals surface area contributed by atoms with Gasteiger partial charge in [0, 0.05) is 19.6 Å². The van der Waals surface area contributed by atoms with Crippen molar-refractivity contribution in [3.8, 4) is 0 Å². The highest BCUT2D eigenvalue weighted by molar-refractivity contribution is 6.25. The van der Waals surface area contributed by atoms with Crippen molar-refractivity contribution in [2.75, 3.05) is 7.11 Å². The number of benzene rings is 1. The van der Waals surface area contributed by atoms with Gasteiger partial charge in [-0.05, 0) is 37.5 Å². The molecule has 25 heavy (non-hydrogen) atoms. The number of methoxy groups -OCH3 is 1. The van der Waals surface area contributed by atoms with Crippen LogP contribution in [-0.2, 0) is 20.4 Å². The SMILES string of the molecule is COC(C)CC1OC(NC2CC2)=C(c2cccc(C(F)(F)F)c2)C1=O. The summed E-state index contributed by atoms with van der Waals surface area (Å²) in [7, 11) is 1.54. The number of alkyl halides is 3. The molecule has 0 bridgehead atoms. The topological polar surface area (TPSA) is 47.6 Å². The average molecular weight is 355 g/mol. The molecule has 1 heterocycles. The first kappa shape index (κ1) is 17.8. The quantitative estimate of drug-likeness (QED) is 0.848. The van der Waals surface area contributed by atoms with Gasteiger partial charge >= 0.3 is 6.18 Å². The molecule has 2 aliphatic rings. The molecule has 0 aromatic heterocycles. The summed E-state index contributed by atoms with van der Waals surface area (Å²) in [5.41, 5.74) is -0.383. The van der Waals surface area contributed by atoms with Crippen molar-refractivity contribution in [1.29, 1.82) is 0 Å². The van der Waals surface area contributed by atoms with Gasteiger partial charge in [-0.2, -0.15) is 13.2 Å². The maximum absolute atomic E-state index is 13.0. The Kier molecular flexibility index (Phi) is 4.77. The van der Waals surface area contributed by atoms with Gasteiger partial charge in [0.15, 0.2) is 12.0 Å². The van der Waals surface area contributed by atoms with Gasteiger partial charge in [-0.3, -0.25) is 4.79 Å². The van der Waals surface area contributed by atoms with E-state index in [1.54, 1.807) is 0 Å². The summed E-state index contributed by atoms with van der Waals surface area (Å²) in [4.78, 5) is 12.8. The lowest BCUT2D eigenvalue weighted by molar-refractivity contribution is -0.137. The molecule has 1 N–H and O–H groups in total. The summed E-state index contributed by atoms with van der Waals surface area (Å²) in [5.74, 6) is -0.0356. The standard InChI is InChI=1S/C18H20F3NO3/c1-10(24-2)8-14-16(23)15(17(25-14)22-13-6-7-13)11-4-3-5-12(9-11)18(19,20)21/h3-5,9-10,13-14,22H,6-8H2,1-2H3. The van der Waals surface area contributed by atoms with Gasteiger partial charge in [-0.1, -0.05) is 12.1 Å². The molecule has 3 rings (SSSR count). The van der Waals surface area contributed by atoms with Crippen LogP contribution >= 0.6 is 0 Å². The van der Waals surface area contributed by atoms with E-state index in [0.29, 0.717) is 6.42 Å². The molecule has 0 amide bonds. The number of rotatable bonds is 6. The van der Waals surface area contributed by atoms with Gasteiger partial charge < -0.3 is 14.8 Å². The van der Waals surface area contributed by atoms with Gasteiger partial charge in [-0.15, -0.1) is 0 Å². The third kappa shape index (κ3) is 3.98. The van der Waals surface area contributed by atoms with Gasteiger partial charge in [0.1, 0.15) is 0 Å². The molecule has 1 aliphatic heterocycles. The van der Waals surface area contributed by atoms with E-state index in [1.165, 1.54) is 19.2 Å². The number of Topliss-reactive ketones (excluding diaryl/α,β-unsaturated/α-hetero) is 1. The lowest BCUT2D eigenvalue weighted by Crippen LogP contribution is -2.25. The lowest BCUT2D eigenvalue weighted by atomic mass is 9.96. The Balaban J connectivity index is 1.93. The first-order valence-corrected chi connectivity index (χ1v) is 8.21. The first-order valence-electron chi connectivity index (χ1n) is 8.21. The van der Waals surface area contributed by atoms with Crippen molar-refractivity contribution in [3.63, 3.8) is 0 Å². The average Bonchev–Trinajstić information content (AvgIpc) is 3.32. The number of hydrogen-bond donors (Lipinski definition) is 1. The summed E-state index contributed by atoms with van der Waals surface area (Å²) >= 11 is 0. The molecule has 1 fully saturated rings. The molecule has 4 nitrogen and oxygen atoms in total. The minimum atomic E-state index is -4.47. The zero-order valence-corrected chi connectivity index (χ0v) is 14.0. The van der Waals surface area contributed by atoms with E-state index in [1.807, 2.05) is 6.92 Å². The van der Waals surface area contributed by atoms with Crippen molar-refractivity contribution >= 4 is 11.4 Å². The number of ether oxygens (including phenoxy) is 2. The number of ketones is 1. The van der Waals surface area contributed by atoms with E-state index < -0.39 is 17.8 Å². The van der Waals surface area contributed by atoms with Crippen molar-refractivity contribution in [3.05, 3.63) is 41.3 Å². The van der Waals surface area contributed by atoms with Crippen LogP contribution in [0.2, 0.25) is 0 Å². The van der Waals surface area contributed by atoms with Crippen molar-refractivity contribution in [2.24, 2.45) is 0 Å². The number of halogens is 3. The van der Waals surface area contributed by atoms with Gasteiger partial charge in [0.05, 0.1) is 17.2 Å². The fraction of sp³-hybridized carbons (Fsp3) is 0.500. The minimum absolute atomic E-state index is 0.186. The normalized spacial score (nSPS) is 22.1. The molecule has 136 valence electrons. The number of carbonyl (C=O) groups excluding carboxylic acids is 1. The van der Waals surface area contributed by atoms with E-state index in [9.17, 15) is 18.0 Å². The van der Waals surface area contributed by atoms with Gasteiger partial charge in [0.2, 0.25) is 5.78 Å². The molecule has 1 saturated carbocycles. The zero-order chi connectivity index (χ0) is 18.2. The second-order valence-electron chi connectivity index (χ2n) is 6.45.